The predicted octanol–water partition coefficient (Wildman–Crippen LogP) is 4.18. The quantitative estimate of drug-likeness (QED) is 0.729. The summed E-state index contributed by atoms with van der Waals surface area (Å²) in [6.07, 6.45) is 8.01. The Morgan fingerprint density at radius 1 is 1.14 bits per heavy atom. The molecule has 1 aromatic heterocycles. The molecule has 1 aromatic rings. The first-order chi connectivity index (χ1) is 10.2. The van der Waals surface area contributed by atoms with E-state index >= 15 is 0 Å². The third kappa shape index (κ3) is 5.15. The summed E-state index contributed by atoms with van der Waals surface area (Å²) in [6.45, 7) is 7.35. The van der Waals surface area contributed by atoms with E-state index < -0.39 is 0 Å². The summed E-state index contributed by atoms with van der Waals surface area (Å²) < 4.78 is 5.93. The summed E-state index contributed by atoms with van der Waals surface area (Å²) >= 11 is 0. The van der Waals surface area contributed by atoms with Crippen LogP contribution >= 0.6 is 0 Å². The molecule has 1 N–H and O–H groups in total. The summed E-state index contributed by atoms with van der Waals surface area (Å²) in [7, 11) is 2.24. The van der Waals surface area contributed by atoms with Crippen LogP contribution in [0.1, 0.15) is 63.9 Å². The Balaban J connectivity index is 1.76. The number of hydrogen-bond acceptors (Lipinski definition) is 3. The summed E-state index contributed by atoms with van der Waals surface area (Å²) in [5.74, 6) is 3.12. The van der Waals surface area contributed by atoms with E-state index in [0.29, 0.717) is 0 Å². The second kappa shape index (κ2) is 8.60. The van der Waals surface area contributed by atoms with Gasteiger partial charge in [0.1, 0.15) is 11.5 Å². The molecular weight excluding hydrogens is 260 g/mol. The molecule has 0 bridgehead atoms. The lowest BCUT2D eigenvalue weighted by Crippen LogP contribution is -2.34. The summed E-state index contributed by atoms with van der Waals surface area (Å²) in [5.41, 5.74) is 0. The normalized spacial score (nSPS) is 22.9. The van der Waals surface area contributed by atoms with Crippen LogP contribution in [0.25, 0.3) is 0 Å². The largest absolute Gasteiger partial charge is 0.463 e. The summed E-state index contributed by atoms with van der Waals surface area (Å²) in [6, 6.07) is 4.98. The van der Waals surface area contributed by atoms with Gasteiger partial charge in [-0.25, -0.2) is 0 Å². The van der Waals surface area contributed by atoms with Gasteiger partial charge in [-0.1, -0.05) is 20.3 Å². The molecule has 2 rings (SSSR count). The highest BCUT2D eigenvalue weighted by atomic mass is 16.3. The molecule has 0 amide bonds. The fourth-order valence-electron chi connectivity index (χ4n) is 3.36. The highest BCUT2D eigenvalue weighted by Crippen LogP contribution is 2.29. The molecule has 1 heterocycles. The fourth-order valence-corrected chi connectivity index (χ4v) is 3.36. The van der Waals surface area contributed by atoms with Crippen molar-refractivity contribution in [1.82, 2.24) is 10.2 Å². The van der Waals surface area contributed by atoms with Crippen LogP contribution < -0.4 is 5.32 Å². The average molecular weight is 292 g/mol. The van der Waals surface area contributed by atoms with Gasteiger partial charge in [0, 0.05) is 6.04 Å². The van der Waals surface area contributed by atoms with Gasteiger partial charge < -0.3 is 9.73 Å². The van der Waals surface area contributed by atoms with Gasteiger partial charge in [0.2, 0.25) is 0 Å². The lowest BCUT2D eigenvalue weighted by molar-refractivity contribution is 0.148. The molecule has 0 aliphatic heterocycles. The molecule has 21 heavy (non-hydrogen) atoms. The second-order valence-electron chi connectivity index (χ2n) is 6.54. The third-order valence-electron chi connectivity index (χ3n) is 4.87. The Labute approximate surface area is 130 Å². The molecule has 120 valence electrons. The van der Waals surface area contributed by atoms with Gasteiger partial charge in [0.25, 0.3) is 0 Å². The van der Waals surface area contributed by atoms with Crippen molar-refractivity contribution < 1.29 is 4.42 Å². The summed E-state index contributed by atoms with van der Waals surface area (Å²) in [5, 5.41) is 3.39. The van der Waals surface area contributed by atoms with E-state index in [1.807, 2.05) is 0 Å². The molecule has 1 fully saturated rings. The zero-order valence-corrected chi connectivity index (χ0v) is 14.0. The summed E-state index contributed by atoms with van der Waals surface area (Å²) in [4.78, 5) is 2.48. The molecule has 3 heteroatoms. The topological polar surface area (TPSA) is 28.4 Å². The lowest BCUT2D eigenvalue weighted by Gasteiger charge is -2.34. The standard InChI is InChI=1S/C18H32N2O/c1-4-12-19-13-17-10-11-18(21-17)14-20(3)16-8-6-15(5-2)7-9-16/h10-11,15-16,19H,4-9,12-14H2,1-3H3. The zero-order valence-electron chi connectivity index (χ0n) is 14.0. The van der Waals surface area contributed by atoms with Gasteiger partial charge in [0.05, 0.1) is 13.1 Å². The maximum absolute atomic E-state index is 5.93. The minimum Gasteiger partial charge on any atom is -0.463 e. The minimum atomic E-state index is 0.736. The van der Waals surface area contributed by atoms with Crippen LogP contribution in [0.2, 0.25) is 0 Å². The van der Waals surface area contributed by atoms with Crippen LogP contribution in [0, 0.1) is 5.92 Å². The van der Waals surface area contributed by atoms with Gasteiger partial charge in [-0.3, -0.25) is 4.90 Å². The van der Waals surface area contributed by atoms with E-state index in [-0.39, 0.29) is 0 Å². The number of rotatable bonds is 8. The first-order valence-corrected chi connectivity index (χ1v) is 8.71. The number of furan rings is 1. The van der Waals surface area contributed by atoms with Crippen molar-refractivity contribution in [2.45, 2.75) is 71.5 Å². The smallest absolute Gasteiger partial charge is 0.118 e. The minimum absolute atomic E-state index is 0.736. The van der Waals surface area contributed by atoms with E-state index in [1.54, 1.807) is 0 Å². The van der Waals surface area contributed by atoms with Gasteiger partial charge in [-0.05, 0) is 63.7 Å². The van der Waals surface area contributed by atoms with Crippen LogP contribution in [0.15, 0.2) is 16.5 Å². The van der Waals surface area contributed by atoms with Crippen molar-refractivity contribution in [3.05, 3.63) is 23.7 Å². The van der Waals surface area contributed by atoms with E-state index in [9.17, 15) is 0 Å². The first kappa shape index (κ1) is 16.6. The van der Waals surface area contributed by atoms with Crippen molar-refractivity contribution >= 4 is 0 Å². The average Bonchev–Trinajstić information content (AvgIpc) is 2.95. The Morgan fingerprint density at radius 3 is 2.52 bits per heavy atom. The molecule has 1 saturated carbocycles. The Kier molecular flexibility index (Phi) is 6.78. The van der Waals surface area contributed by atoms with Crippen LogP contribution in [0.4, 0.5) is 0 Å². The molecule has 0 unspecified atom stereocenters. The fraction of sp³-hybridized carbons (Fsp3) is 0.778. The van der Waals surface area contributed by atoms with Crippen molar-refractivity contribution in [1.29, 1.82) is 0 Å². The SMILES string of the molecule is CCCNCc1ccc(CN(C)C2CCC(CC)CC2)o1. The van der Waals surface area contributed by atoms with Crippen molar-refractivity contribution in [3.63, 3.8) is 0 Å². The highest BCUT2D eigenvalue weighted by Gasteiger charge is 2.23. The van der Waals surface area contributed by atoms with E-state index in [4.69, 9.17) is 4.42 Å². The van der Waals surface area contributed by atoms with E-state index in [2.05, 4.69) is 43.2 Å². The molecule has 1 aliphatic carbocycles. The van der Waals surface area contributed by atoms with Gasteiger partial charge >= 0.3 is 0 Å². The second-order valence-corrected chi connectivity index (χ2v) is 6.54. The third-order valence-corrected chi connectivity index (χ3v) is 4.87. The number of nitrogens with one attached hydrogen (secondary N) is 1. The van der Waals surface area contributed by atoms with Gasteiger partial charge in [0.15, 0.2) is 0 Å². The Hall–Kier alpha value is -0.800. The molecule has 3 nitrogen and oxygen atoms in total. The maximum atomic E-state index is 5.93. The predicted molar refractivity (Wildman–Crippen MR) is 88.2 cm³/mol. The molecular formula is C18H32N2O. The lowest BCUT2D eigenvalue weighted by atomic mass is 9.84. The Bertz CT molecular complexity index is 394. The van der Waals surface area contributed by atoms with E-state index in [0.717, 1.165) is 49.5 Å². The molecule has 0 radical (unpaired) electrons. The number of hydrogen-bond donors (Lipinski definition) is 1. The van der Waals surface area contributed by atoms with Crippen molar-refractivity contribution in [2.24, 2.45) is 5.92 Å². The van der Waals surface area contributed by atoms with Crippen LogP contribution in [0.3, 0.4) is 0 Å². The Morgan fingerprint density at radius 2 is 1.86 bits per heavy atom. The van der Waals surface area contributed by atoms with Crippen LogP contribution in [0.5, 0.6) is 0 Å². The molecule has 1 aliphatic rings. The van der Waals surface area contributed by atoms with Crippen LogP contribution in [-0.2, 0) is 13.1 Å². The van der Waals surface area contributed by atoms with Crippen LogP contribution in [-0.4, -0.2) is 24.5 Å². The first-order valence-electron chi connectivity index (χ1n) is 8.71. The zero-order chi connectivity index (χ0) is 15.1. The van der Waals surface area contributed by atoms with Crippen molar-refractivity contribution in [3.8, 4) is 0 Å². The van der Waals surface area contributed by atoms with Gasteiger partial charge in [-0.2, -0.15) is 0 Å². The van der Waals surface area contributed by atoms with Crippen molar-refractivity contribution in [2.75, 3.05) is 13.6 Å². The number of nitrogens with zero attached hydrogens (tertiary/aromatic N) is 1. The maximum Gasteiger partial charge on any atom is 0.118 e. The van der Waals surface area contributed by atoms with E-state index in [1.165, 1.54) is 32.1 Å². The molecule has 0 aromatic carbocycles. The van der Waals surface area contributed by atoms with Gasteiger partial charge in [-0.15, -0.1) is 0 Å². The molecule has 0 atom stereocenters. The monoisotopic (exact) mass is 292 g/mol. The molecule has 0 saturated heterocycles. The molecule has 0 spiro atoms. The highest BCUT2D eigenvalue weighted by molar-refractivity contribution is 5.07.